The van der Waals surface area contributed by atoms with Gasteiger partial charge in [-0.05, 0) is 62.9 Å². The van der Waals surface area contributed by atoms with Gasteiger partial charge in [-0.1, -0.05) is 36.4 Å². The molecule has 0 unspecified atom stereocenters. The fraction of sp³-hybridized carbons (Fsp3) is 0.385. The van der Waals surface area contributed by atoms with Crippen molar-refractivity contribution < 1.29 is 23.8 Å². The first-order valence-corrected chi connectivity index (χ1v) is 10.6. The Bertz CT molecular complexity index is 945. The lowest BCUT2D eigenvalue weighted by Gasteiger charge is -2.24. The molecule has 0 bridgehead atoms. The molecule has 0 fully saturated rings. The highest BCUT2D eigenvalue weighted by Gasteiger charge is 2.23. The van der Waals surface area contributed by atoms with Gasteiger partial charge in [0.1, 0.15) is 11.4 Å². The zero-order valence-corrected chi connectivity index (χ0v) is 19.6. The highest BCUT2D eigenvalue weighted by Crippen LogP contribution is 2.35. The van der Waals surface area contributed by atoms with Crippen molar-refractivity contribution in [1.82, 2.24) is 5.32 Å². The molecule has 2 aromatic rings. The van der Waals surface area contributed by atoms with Crippen molar-refractivity contribution in [3.8, 4) is 16.9 Å². The first-order chi connectivity index (χ1) is 15.1. The van der Waals surface area contributed by atoms with E-state index in [0.29, 0.717) is 6.61 Å². The third kappa shape index (κ3) is 7.45. The minimum atomic E-state index is -0.652. The molecule has 0 aliphatic carbocycles. The van der Waals surface area contributed by atoms with Gasteiger partial charge < -0.3 is 19.5 Å². The number of benzene rings is 2. The smallest absolute Gasteiger partial charge is 0.408 e. The first-order valence-electron chi connectivity index (χ1n) is 10.6. The normalized spacial score (nSPS) is 11.9. The number of amides is 1. The van der Waals surface area contributed by atoms with Crippen LogP contribution in [-0.2, 0) is 14.3 Å². The molecule has 0 aliphatic rings. The quantitative estimate of drug-likeness (QED) is 0.306. The highest BCUT2D eigenvalue weighted by atomic mass is 16.6. The minimum absolute atomic E-state index is 0.0182. The van der Waals surface area contributed by atoms with E-state index >= 15 is 0 Å². The van der Waals surface area contributed by atoms with Crippen molar-refractivity contribution in [1.29, 1.82) is 0 Å². The molecule has 6 nitrogen and oxygen atoms in total. The van der Waals surface area contributed by atoms with Gasteiger partial charge in [-0.15, -0.1) is 6.58 Å². The van der Waals surface area contributed by atoms with E-state index in [1.807, 2.05) is 55.5 Å². The van der Waals surface area contributed by atoms with Gasteiger partial charge in [0.2, 0.25) is 0 Å². The second-order valence-electron chi connectivity index (χ2n) is 8.48. The molecular formula is C26H33NO5. The lowest BCUT2D eigenvalue weighted by atomic mass is 9.95. The molecule has 1 atom stereocenters. The number of rotatable bonds is 9. The number of nitrogens with one attached hydrogen (secondary N) is 1. The number of esters is 1. The Hall–Kier alpha value is -3.28. The number of alkyl carbamates (subject to hydrolysis) is 1. The van der Waals surface area contributed by atoms with Crippen molar-refractivity contribution in [2.75, 3.05) is 13.7 Å². The van der Waals surface area contributed by atoms with Gasteiger partial charge >= 0.3 is 12.1 Å². The number of hydrogen-bond acceptors (Lipinski definition) is 5. The average molecular weight is 440 g/mol. The fourth-order valence-corrected chi connectivity index (χ4v) is 3.25. The summed E-state index contributed by atoms with van der Waals surface area (Å²) in [5.74, 6) is 0.342. The summed E-state index contributed by atoms with van der Waals surface area (Å²) in [7, 11) is 1.32. The van der Waals surface area contributed by atoms with Crippen molar-refractivity contribution in [3.05, 3.63) is 66.2 Å². The number of methoxy groups -OCH3 is 1. The SMILES string of the molecule is C=CCCOc1cccc(C)c1-c1cccc([C@H](CC(=O)OC)NC(=O)OC(C)(C)C)c1. The van der Waals surface area contributed by atoms with Crippen molar-refractivity contribution in [2.24, 2.45) is 0 Å². The summed E-state index contributed by atoms with van der Waals surface area (Å²) < 4.78 is 16.2. The van der Waals surface area contributed by atoms with Crippen LogP contribution in [0.1, 0.15) is 50.8 Å². The van der Waals surface area contributed by atoms with Crippen LogP contribution in [0.3, 0.4) is 0 Å². The van der Waals surface area contributed by atoms with Crippen LogP contribution in [0.15, 0.2) is 55.1 Å². The van der Waals surface area contributed by atoms with Crippen LogP contribution < -0.4 is 10.1 Å². The molecule has 32 heavy (non-hydrogen) atoms. The van der Waals surface area contributed by atoms with E-state index in [2.05, 4.69) is 11.9 Å². The molecule has 0 radical (unpaired) electrons. The standard InChI is InChI=1S/C26H33NO5/c1-7-8-15-31-22-14-9-11-18(2)24(22)20-13-10-12-19(16-20)21(17-23(28)30-6)27-25(29)32-26(3,4)5/h7,9-14,16,21H,1,8,15,17H2,2-6H3,(H,27,29)/t21-/m0/s1. The Morgan fingerprint density at radius 3 is 2.53 bits per heavy atom. The molecule has 172 valence electrons. The van der Waals surface area contributed by atoms with Crippen LogP contribution in [0.25, 0.3) is 11.1 Å². The maximum Gasteiger partial charge on any atom is 0.408 e. The van der Waals surface area contributed by atoms with Gasteiger partial charge in [0.15, 0.2) is 0 Å². The summed E-state index contributed by atoms with van der Waals surface area (Å²) in [6.45, 7) is 11.6. The zero-order valence-electron chi connectivity index (χ0n) is 19.6. The van der Waals surface area contributed by atoms with E-state index < -0.39 is 23.7 Å². The summed E-state index contributed by atoms with van der Waals surface area (Å²) >= 11 is 0. The third-order valence-electron chi connectivity index (χ3n) is 4.68. The number of hydrogen-bond donors (Lipinski definition) is 1. The molecule has 0 aliphatic heterocycles. The topological polar surface area (TPSA) is 73.9 Å². The predicted octanol–water partition coefficient (Wildman–Crippen LogP) is 5.75. The number of carbonyl (C=O) groups is 2. The second-order valence-corrected chi connectivity index (χ2v) is 8.48. The summed E-state index contributed by atoms with van der Waals surface area (Å²) in [6, 6.07) is 13.0. The fourth-order valence-electron chi connectivity index (χ4n) is 3.25. The number of aryl methyl sites for hydroxylation is 1. The summed E-state index contributed by atoms with van der Waals surface area (Å²) in [6.07, 6.45) is 1.95. The van der Waals surface area contributed by atoms with Crippen LogP contribution in [0, 0.1) is 6.92 Å². The van der Waals surface area contributed by atoms with Crippen LogP contribution in [0.5, 0.6) is 5.75 Å². The van der Waals surface area contributed by atoms with Crippen LogP contribution in [-0.4, -0.2) is 31.4 Å². The summed E-state index contributed by atoms with van der Waals surface area (Å²) in [5, 5.41) is 2.80. The van der Waals surface area contributed by atoms with Crippen molar-refractivity contribution >= 4 is 12.1 Å². The van der Waals surface area contributed by atoms with Crippen molar-refractivity contribution in [3.63, 3.8) is 0 Å². The monoisotopic (exact) mass is 439 g/mol. The van der Waals surface area contributed by atoms with Gasteiger partial charge in [-0.25, -0.2) is 4.79 Å². The van der Waals surface area contributed by atoms with Gasteiger partial charge in [-0.3, -0.25) is 4.79 Å². The Labute approximate surface area is 190 Å². The van der Waals surface area contributed by atoms with E-state index in [1.165, 1.54) is 7.11 Å². The van der Waals surface area contributed by atoms with E-state index in [0.717, 1.165) is 34.4 Å². The Balaban J connectivity index is 2.40. The zero-order chi connectivity index (χ0) is 23.7. The van der Waals surface area contributed by atoms with Crippen LogP contribution >= 0.6 is 0 Å². The summed E-state index contributed by atoms with van der Waals surface area (Å²) in [5.41, 5.74) is 3.06. The maximum atomic E-state index is 12.4. The van der Waals surface area contributed by atoms with E-state index in [1.54, 1.807) is 20.8 Å². The summed E-state index contributed by atoms with van der Waals surface area (Å²) in [4.78, 5) is 24.4. The molecule has 0 spiro atoms. The van der Waals surface area contributed by atoms with E-state index in [4.69, 9.17) is 14.2 Å². The third-order valence-corrected chi connectivity index (χ3v) is 4.68. The van der Waals surface area contributed by atoms with Gasteiger partial charge in [0, 0.05) is 5.56 Å². The molecule has 0 aromatic heterocycles. The molecule has 0 heterocycles. The minimum Gasteiger partial charge on any atom is -0.493 e. The Morgan fingerprint density at radius 1 is 1.16 bits per heavy atom. The van der Waals surface area contributed by atoms with E-state index in [9.17, 15) is 9.59 Å². The molecule has 0 saturated heterocycles. The molecule has 0 saturated carbocycles. The lowest BCUT2D eigenvalue weighted by Crippen LogP contribution is -2.36. The number of ether oxygens (including phenoxy) is 3. The molecule has 2 aromatic carbocycles. The van der Waals surface area contributed by atoms with Crippen LogP contribution in [0.2, 0.25) is 0 Å². The molecular weight excluding hydrogens is 406 g/mol. The highest BCUT2D eigenvalue weighted by molar-refractivity contribution is 5.76. The molecule has 1 N–H and O–H groups in total. The van der Waals surface area contributed by atoms with Gasteiger partial charge in [-0.2, -0.15) is 0 Å². The molecule has 2 rings (SSSR count). The second kappa shape index (κ2) is 11.4. The van der Waals surface area contributed by atoms with Gasteiger partial charge in [0.05, 0.1) is 26.2 Å². The van der Waals surface area contributed by atoms with Crippen LogP contribution in [0.4, 0.5) is 4.79 Å². The van der Waals surface area contributed by atoms with E-state index in [-0.39, 0.29) is 6.42 Å². The predicted molar refractivity (Wildman–Crippen MR) is 126 cm³/mol. The molecule has 1 amide bonds. The lowest BCUT2D eigenvalue weighted by molar-refractivity contribution is -0.141. The number of carbonyl (C=O) groups excluding carboxylic acids is 2. The Kier molecular flexibility index (Phi) is 8.88. The maximum absolute atomic E-state index is 12.4. The van der Waals surface area contributed by atoms with Gasteiger partial charge in [0.25, 0.3) is 0 Å². The Morgan fingerprint density at radius 2 is 1.88 bits per heavy atom. The first kappa shape index (κ1) is 25.0. The molecule has 6 heteroatoms. The van der Waals surface area contributed by atoms with Crippen molar-refractivity contribution in [2.45, 2.75) is 52.2 Å². The average Bonchev–Trinajstić information content (AvgIpc) is 2.72. The largest absolute Gasteiger partial charge is 0.493 e.